The minimum absolute atomic E-state index is 0.0597. The topological polar surface area (TPSA) is 102 Å². The summed E-state index contributed by atoms with van der Waals surface area (Å²) in [6, 6.07) is 17.4. The molecule has 1 fully saturated rings. The van der Waals surface area contributed by atoms with Gasteiger partial charge in [0.15, 0.2) is 9.84 Å². The highest BCUT2D eigenvalue weighted by Crippen LogP contribution is 2.23. The Labute approximate surface area is 171 Å². The van der Waals surface area contributed by atoms with Crippen LogP contribution in [-0.2, 0) is 9.84 Å². The molecule has 2 amide bonds. The van der Waals surface area contributed by atoms with E-state index in [2.05, 4.69) is 27.7 Å². The van der Waals surface area contributed by atoms with Gasteiger partial charge in [0.2, 0.25) is 0 Å². The molecule has 2 aromatic rings. The molecule has 0 spiro atoms. The number of urea groups is 1. The number of nitrogens with one attached hydrogen (secondary N) is 2. The van der Waals surface area contributed by atoms with E-state index in [1.54, 1.807) is 6.07 Å². The van der Waals surface area contributed by atoms with Gasteiger partial charge in [0.05, 0.1) is 11.0 Å². The molecule has 0 radical (unpaired) electrons. The number of sulfone groups is 1. The van der Waals surface area contributed by atoms with Gasteiger partial charge in [-0.25, -0.2) is 13.2 Å². The fourth-order valence-electron chi connectivity index (χ4n) is 3.29. The molecule has 7 nitrogen and oxygen atoms in total. The minimum Gasteiger partial charge on any atom is -0.371 e. The largest absolute Gasteiger partial charge is 0.371 e. The number of para-hydroxylation sites is 1. The number of rotatable bonds is 6. The van der Waals surface area contributed by atoms with E-state index in [1.165, 1.54) is 36.9 Å². The van der Waals surface area contributed by atoms with Crippen molar-refractivity contribution in [3.63, 3.8) is 0 Å². The highest BCUT2D eigenvalue weighted by atomic mass is 32.2. The second kappa shape index (κ2) is 8.97. The number of carbonyl (C=O) groups is 1. The van der Waals surface area contributed by atoms with Crippen molar-refractivity contribution in [3.05, 3.63) is 54.6 Å². The summed E-state index contributed by atoms with van der Waals surface area (Å²) < 4.78 is 24.3. The number of nitriles is 1. The molecule has 3 rings (SSSR count). The van der Waals surface area contributed by atoms with E-state index in [-0.39, 0.29) is 10.9 Å². The smallest absolute Gasteiger partial charge is 0.319 e. The Bertz CT molecular complexity index is 985. The summed E-state index contributed by atoms with van der Waals surface area (Å²) >= 11 is 0. The van der Waals surface area contributed by atoms with E-state index in [4.69, 9.17) is 5.26 Å². The Hall–Kier alpha value is -3.05. The first-order chi connectivity index (χ1) is 13.9. The van der Waals surface area contributed by atoms with Crippen LogP contribution in [0.2, 0.25) is 0 Å². The van der Waals surface area contributed by atoms with Gasteiger partial charge in [0.25, 0.3) is 0 Å². The number of hydrogen-bond acceptors (Lipinski definition) is 5. The first-order valence-electron chi connectivity index (χ1n) is 9.48. The predicted octanol–water partition coefficient (Wildman–Crippen LogP) is 3.02. The molecular formula is C21H24N4O3S. The molecule has 0 bridgehead atoms. The van der Waals surface area contributed by atoms with E-state index in [0.29, 0.717) is 18.2 Å². The summed E-state index contributed by atoms with van der Waals surface area (Å²) in [6.45, 7) is 3.78. The lowest BCUT2D eigenvalue weighted by Crippen LogP contribution is -2.34. The van der Waals surface area contributed by atoms with Gasteiger partial charge < -0.3 is 15.5 Å². The van der Waals surface area contributed by atoms with E-state index < -0.39 is 15.1 Å². The van der Waals surface area contributed by atoms with Crippen LogP contribution in [0.3, 0.4) is 0 Å². The van der Waals surface area contributed by atoms with Gasteiger partial charge in [0, 0.05) is 31.0 Å². The SMILES string of the molecule is C[C@H](C#N)S(=O)(=O)c1ccc(NC(=O)NC[C@@H]2CCN(c3ccccc3)C2)cc1. The van der Waals surface area contributed by atoms with E-state index in [9.17, 15) is 13.2 Å². The van der Waals surface area contributed by atoms with Gasteiger partial charge >= 0.3 is 6.03 Å². The second-order valence-corrected chi connectivity index (χ2v) is 9.38. The first kappa shape index (κ1) is 20.7. The number of benzene rings is 2. The Morgan fingerprint density at radius 2 is 1.90 bits per heavy atom. The van der Waals surface area contributed by atoms with E-state index in [0.717, 1.165) is 19.5 Å². The number of nitrogens with zero attached hydrogens (tertiary/aromatic N) is 2. The zero-order valence-corrected chi connectivity index (χ0v) is 17.0. The third-order valence-corrected chi connectivity index (χ3v) is 7.01. The van der Waals surface area contributed by atoms with Crippen molar-refractivity contribution in [3.8, 4) is 6.07 Å². The van der Waals surface area contributed by atoms with Crippen LogP contribution < -0.4 is 15.5 Å². The van der Waals surface area contributed by atoms with Crippen LogP contribution in [0.1, 0.15) is 13.3 Å². The third-order valence-electron chi connectivity index (χ3n) is 5.05. The lowest BCUT2D eigenvalue weighted by atomic mass is 10.1. The van der Waals surface area contributed by atoms with Crippen molar-refractivity contribution in [1.82, 2.24) is 5.32 Å². The summed E-state index contributed by atoms with van der Waals surface area (Å²) in [6.07, 6.45) is 1.01. The van der Waals surface area contributed by atoms with Crippen LogP contribution in [-0.4, -0.2) is 39.3 Å². The summed E-state index contributed by atoms with van der Waals surface area (Å²) in [5.74, 6) is 0.376. The molecule has 152 valence electrons. The molecule has 2 N–H and O–H groups in total. The van der Waals surface area contributed by atoms with Crippen molar-refractivity contribution < 1.29 is 13.2 Å². The molecule has 1 saturated heterocycles. The molecule has 1 aliphatic rings. The number of anilines is 2. The van der Waals surface area contributed by atoms with Crippen molar-refractivity contribution in [1.29, 1.82) is 5.26 Å². The molecule has 1 aliphatic heterocycles. The van der Waals surface area contributed by atoms with E-state index in [1.807, 2.05) is 18.2 Å². The molecule has 0 aromatic heterocycles. The maximum Gasteiger partial charge on any atom is 0.319 e. The quantitative estimate of drug-likeness (QED) is 0.759. The monoisotopic (exact) mass is 412 g/mol. The van der Waals surface area contributed by atoms with Gasteiger partial charge in [-0.15, -0.1) is 0 Å². The zero-order chi connectivity index (χ0) is 20.9. The van der Waals surface area contributed by atoms with Crippen LogP contribution in [0.25, 0.3) is 0 Å². The van der Waals surface area contributed by atoms with Crippen molar-refractivity contribution in [2.45, 2.75) is 23.5 Å². The van der Waals surface area contributed by atoms with Crippen LogP contribution in [0.5, 0.6) is 0 Å². The number of hydrogen-bond donors (Lipinski definition) is 2. The van der Waals surface area contributed by atoms with Crippen molar-refractivity contribution >= 4 is 27.2 Å². The highest BCUT2D eigenvalue weighted by Gasteiger charge is 2.24. The summed E-state index contributed by atoms with van der Waals surface area (Å²) in [5.41, 5.74) is 1.68. The van der Waals surface area contributed by atoms with Gasteiger partial charge in [-0.2, -0.15) is 5.26 Å². The highest BCUT2D eigenvalue weighted by molar-refractivity contribution is 7.92. The second-order valence-electron chi connectivity index (χ2n) is 7.11. The zero-order valence-electron chi connectivity index (χ0n) is 16.2. The van der Waals surface area contributed by atoms with Crippen LogP contribution in [0.4, 0.5) is 16.2 Å². The molecule has 0 aliphatic carbocycles. The normalized spacial score (nSPS) is 17.4. The Kier molecular flexibility index (Phi) is 6.39. The molecule has 2 aromatic carbocycles. The molecule has 8 heteroatoms. The summed E-state index contributed by atoms with van der Waals surface area (Å²) in [4.78, 5) is 14.5. The first-order valence-corrected chi connectivity index (χ1v) is 11.0. The average Bonchev–Trinajstić information content (AvgIpc) is 3.22. The molecule has 2 atom stereocenters. The van der Waals surface area contributed by atoms with Crippen molar-refractivity contribution in [2.24, 2.45) is 5.92 Å². The van der Waals surface area contributed by atoms with Gasteiger partial charge in [0.1, 0.15) is 5.25 Å². The van der Waals surface area contributed by atoms with Crippen LogP contribution in [0.15, 0.2) is 59.5 Å². The predicted molar refractivity (Wildman–Crippen MR) is 112 cm³/mol. The fraction of sp³-hybridized carbons (Fsp3) is 0.333. The summed E-state index contributed by atoms with van der Waals surface area (Å²) in [7, 11) is -3.68. The standard InChI is InChI=1S/C21H24N4O3S/c1-16(13-22)29(27,28)20-9-7-18(8-10-20)24-21(26)23-14-17-11-12-25(15-17)19-5-3-2-4-6-19/h2-10,16-17H,11-12,14-15H2,1H3,(H2,23,24,26)/t16-,17+/m1/s1. The van der Waals surface area contributed by atoms with Crippen molar-refractivity contribution in [2.75, 3.05) is 29.9 Å². The average molecular weight is 413 g/mol. The Morgan fingerprint density at radius 3 is 2.55 bits per heavy atom. The van der Waals surface area contributed by atoms with Gasteiger partial charge in [-0.05, 0) is 55.7 Å². The summed E-state index contributed by atoms with van der Waals surface area (Å²) in [5, 5.41) is 13.3. The lowest BCUT2D eigenvalue weighted by Gasteiger charge is -2.18. The third kappa shape index (κ3) is 5.06. The Balaban J connectivity index is 1.48. The van der Waals surface area contributed by atoms with Crippen LogP contribution >= 0.6 is 0 Å². The van der Waals surface area contributed by atoms with Gasteiger partial charge in [-0.3, -0.25) is 0 Å². The molecule has 29 heavy (non-hydrogen) atoms. The van der Waals surface area contributed by atoms with Gasteiger partial charge in [-0.1, -0.05) is 18.2 Å². The molecule has 0 unspecified atom stereocenters. The maximum atomic E-state index is 12.2. The minimum atomic E-state index is -3.68. The molecule has 1 heterocycles. The number of amides is 2. The number of carbonyl (C=O) groups excluding carboxylic acids is 1. The van der Waals surface area contributed by atoms with E-state index >= 15 is 0 Å². The lowest BCUT2D eigenvalue weighted by molar-refractivity contribution is 0.250. The maximum absolute atomic E-state index is 12.2. The molecule has 0 saturated carbocycles. The fourth-order valence-corrected chi connectivity index (χ4v) is 4.35. The van der Waals surface area contributed by atoms with Crippen LogP contribution in [0, 0.1) is 17.2 Å². The molecular weight excluding hydrogens is 388 g/mol. The Morgan fingerprint density at radius 1 is 1.21 bits per heavy atom.